The van der Waals surface area contributed by atoms with Crippen LogP contribution in [0.5, 0.6) is 0 Å². The zero-order valence-electron chi connectivity index (χ0n) is 11.7. The Bertz CT molecular complexity index is 467. The summed E-state index contributed by atoms with van der Waals surface area (Å²) < 4.78 is 0. The van der Waals surface area contributed by atoms with Gasteiger partial charge in [-0.25, -0.2) is 0 Å². The first-order chi connectivity index (χ1) is 9.15. The van der Waals surface area contributed by atoms with Gasteiger partial charge in [-0.2, -0.15) is 0 Å². The Hall–Kier alpha value is -1.35. The van der Waals surface area contributed by atoms with Crippen molar-refractivity contribution in [2.75, 3.05) is 6.54 Å². The monoisotopic (exact) mass is 258 g/mol. The van der Waals surface area contributed by atoms with Gasteiger partial charge in [0.15, 0.2) is 0 Å². The minimum Gasteiger partial charge on any atom is -0.325 e. The maximum atomic E-state index is 12.6. The van der Waals surface area contributed by atoms with Gasteiger partial charge >= 0.3 is 0 Å². The van der Waals surface area contributed by atoms with Crippen LogP contribution in [0.25, 0.3) is 0 Å². The molecule has 3 nitrogen and oxygen atoms in total. The van der Waals surface area contributed by atoms with E-state index in [-0.39, 0.29) is 18.1 Å². The molecule has 102 valence electrons. The summed E-state index contributed by atoms with van der Waals surface area (Å²) in [6.07, 6.45) is 3.87. The Morgan fingerprint density at radius 3 is 2.58 bits per heavy atom. The number of nitrogens with zero attached hydrogens (tertiary/aromatic N) is 1. The van der Waals surface area contributed by atoms with Crippen LogP contribution in [-0.2, 0) is 4.79 Å². The number of nitrogens with one attached hydrogen (secondary N) is 1. The first-order valence-corrected chi connectivity index (χ1v) is 7.27. The third kappa shape index (κ3) is 2.27. The van der Waals surface area contributed by atoms with Crippen molar-refractivity contribution >= 4 is 5.91 Å². The van der Waals surface area contributed by atoms with Gasteiger partial charge in [-0.05, 0) is 37.2 Å². The maximum absolute atomic E-state index is 12.6. The first kappa shape index (κ1) is 12.7. The fraction of sp³-hybridized carbons (Fsp3) is 0.562. The molecule has 1 saturated heterocycles. The number of hydrogen-bond donors (Lipinski definition) is 1. The van der Waals surface area contributed by atoms with E-state index in [0.717, 1.165) is 12.1 Å². The van der Waals surface area contributed by atoms with Crippen molar-refractivity contribution in [2.24, 2.45) is 5.41 Å². The smallest absolute Gasteiger partial charge is 0.245 e. The molecule has 3 heteroatoms. The van der Waals surface area contributed by atoms with Gasteiger partial charge in [0, 0.05) is 6.54 Å². The normalized spacial score (nSPS) is 28.7. The third-order valence-electron chi connectivity index (χ3n) is 4.75. The fourth-order valence-corrected chi connectivity index (χ4v) is 3.02. The summed E-state index contributed by atoms with van der Waals surface area (Å²) in [6, 6.07) is 9.86. The molecule has 2 fully saturated rings. The highest BCUT2D eigenvalue weighted by Gasteiger charge is 2.47. The predicted molar refractivity (Wildman–Crippen MR) is 75.5 cm³/mol. The molecular weight excluding hydrogens is 236 g/mol. The Balaban J connectivity index is 1.76. The molecule has 1 heterocycles. The van der Waals surface area contributed by atoms with Crippen LogP contribution < -0.4 is 5.32 Å². The second kappa shape index (κ2) is 4.64. The van der Waals surface area contributed by atoms with Crippen molar-refractivity contribution in [2.45, 2.75) is 45.3 Å². The quantitative estimate of drug-likeness (QED) is 0.900. The van der Waals surface area contributed by atoms with E-state index in [1.54, 1.807) is 0 Å². The molecule has 0 bridgehead atoms. The topological polar surface area (TPSA) is 32.3 Å². The lowest BCUT2D eigenvalue weighted by Crippen LogP contribution is -2.38. The van der Waals surface area contributed by atoms with Crippen molar-refractivity contribution < 1.29 is 4.79 Å². The summed E-state index contributed by atoms with van der Waals surface area (Å²) in [6.45, 7) is 5.24. The van der Waals surface area contributed by atoms with Crippen LogP contribution in [-0.4, -0.2) is 23.5 Å². The second-order valence-electron chi connectivity index (χ2n) is 6.01. The van der Waals surface area contributed by atoms with Gasteiger partial charge in [0.1, 0.15) is 6.04 Å². The number of carbonyl (C=O) groups excluding carboxylic acids is 1. The van der Waals surface area contributed by atoms with Crippen molar-refractivity contribution in [3.63, 3.8) is 0 Å². The SMILES string of the molecule is CCC1(CN2C(=O)C(c3ccccc3)NC2C)CC1. The molecule has 0 spiro atoms. The molecule has 2 atom stereocenters. The number of carbonyl (C=O) groups is 1. The molecular formula is C16H22N2O. The third-order valence-corrected chi connectivity index (χ3v) is 4.75. The summed E-state index contributed by atoms with van der Waals surface area (Å²) in [4.78, 5) is 14.6. The molecule has 1 saturated carbocycles. The van der Waals surface area contributed by atoms with Crippen LogP contribution in [0.15, 0.2) is 30.3 Å². The molecule has 19 heavy (non-hydrogen) atoms. The average molecular weight is 258 g/mol. The van der Waals surface area contributed by atoms with Crippen molar-refractivity contribution in [1.29, 1.82) is 0 Å². The summed E-state index contributed by atoms with van der Waals surface area (Å²) >= 11 is 0. The summed E-state index contributed by atoms with van der Waals surface area (Å²) in [5.41, 5.74) is 1.49. The summed E-state index contributed by atoms with van der Waals surface area (Å²) in [5, 5.41) is 3.42. The summed E-state index contributed by atoms with van der Waals surface area (Å²) in [7, 11) is 0. The van der Waals surface area contributed by atoms with Crippen LogP contribution in [0.4, 0.5) is 0 Å². The van der Waals surface area contributed by atoms with E-state index in [4.69, 9.17) is 0 Å². The highest BCUT2D eigenvalue weighted by molar-refractivity contribution is 5.85. The lowest BCUT2D eigenvalue weighted by molar-refractivity contribution is -0.130. The van der Waals surface area contributed by atoms with E-state index in [9.17, 15) is 4.79 Å². The average Bonchev–Trinajstić information content (AvgIpc) is 3.17. The first-order valence-electron chi connectivity index (χ1n) is 7.27. The lowest BCUT2D eigenvalue weighted by atomic mass is 10.0. The molecule has 1 amide bonds. The van der Waals surface area contributed by atoms with Crippen LogP contribution in [0.1, 0.15) is 44.7 Å². The Kier molecular flexibility index (Phi) is 3.09. The maximum Gasteiger partial charge on any atom is 0.245 e. The Morgan fingerprint density at radius 2 is 2.00 bits per heavy atom. The molecule has 3 rings (SSSR count). The summed E-state index contributed by atoms with van der Waals surface area (Å²) in [5.74, 6) is 0.235. The number of benzene rings is 1. The van der Waals surface area contributed by atoms with Crippen LogP contribution >= 0.6 is 0 Å². The van der Waals surface area contributed by atoms with E-state index < -0.39 is 0 Å². The Labute approximate surface area is 115 Å². The zero-order chi connectivity index (χ0) is 13.5. The van der Waals surface area contributed by atoms with E-state index in [2.05, 4.69) is 19.2 Å². The van der Waals surface area contributed by atoms with Crippen molar-refractivity contribution in [3.8, 4) is 0 Å². The van der Waals surface area contributed by atoms with Gasteiger partial charge in [0.25, 0.3) is 0 Å². The second-order valence-corrected chi connectivity index (χ2v) is 6.01. The Morgan fingerprint density at radius 1 is 1.32 bits per heavy atom. The van der Waals surface area contributed by atoms with Crippen molar-refractivity contribution in [1.82, 2.24) is 10.2 Å². The molecule has 1 aliphatic carbocycles. The molecule has 1 aromatic carbocycles. The van der Waals surface area contributed by atoms with Crippen LogP contribution in [0, 0.1) is 5.41 Å². The van der Waals surface area contributed by atoms with E-state index in [1.165, 1.54) is 19.3 Å². The van der Waals surface area contributed by atoms with E-state index >= 15 is 0 Å². The van der Waals surface area contributed by atoms with Gasteiger partial charge in [-0.15, -0.1) is 0 Å². The predicted octanol–water partition coefficient (Wildman–Crippen LogP) is 2.70. The molecule has 2 unspecified atom stereocenters. The van der Waals surface area contributed by atoms with Crippen molar-refractivity contribution in [3.05, 3.63) is 35.9 Å². The lowest BCUT2D eigenvalue weighted by Gasteiger charge is -2.25. The minimum absolute atomic E-state index is 0.140. The standard InChI is InChI=1S/C16H22N2O/c1-3-16(9-10-16)11-18-12(2)17-14(15(18)19)13-7-5-4-6-8-13/h4-8,12,14,17H,3,9-11H2,1-2H3. The van der Waals surface area contributed by atoms with E-state index in [1.807, 2.05) is 35.2 Å². The number of hydrogen-bond acceptors (Lipinski definition) is 2. The molecule has 1 aromatic rings. The molecule has 1 N–H and O–H groups in total. The number of amides is 1. The van der Waals surface area contributed by atoms with Crippen LogP contribution in [0.2, 0.25) is 0 Å². The van der Waals surface area contributed by atoms with Gasteiger partial charge in [0.2, 0.25) is 5.91 Å². The fourth-order valence-electron chi connectivity index (χ4n) is 3.02. The molecule has 0 radical (unpaired) electrons. The van der Waals surface area contributed by atoms with Gasteiger partial charge in [0.05, 0.1) is 6.17 Å². The molecule has 2 aliphatic rings. The highest BCUT2D eigenvalue weighted by atomic mass is 16.2. The van der Waals surface area contributed by atoms with Gasteiger partial charge in [-0.3, -0.25) is 10.1 Å². The van der Waals surface area contributed by atoms with Crippen LogP contribution in [0.3, 0.4) is 0 Å². The molecule has 1 aliphatic heterocycles. The van der Waals surface area contributed by atoms with Gasteiger partial charge < -0.3 is 4.90 Å². The minimum atomic E-state index is -0.163. The zero-order valence-corrected chi connectivity index (χ0v) is 11.7. The highest BCUT2D eigenvalue weighted by Crippen LogP contribution is 2.50. The molecule has 0 aromatic heterocycles. The van der Waals surface area contributed by atoms with E-state index in [0.29, 0.717) is 5.41 Å². The number of rotatable bonds is 4. The van der Waals surface area contributed by atoms with Gasteiger partial charge in [-0.1, -0.05) is 37.3 Å². The largest absolute Gasteiger partial charge is 0.325 e.